The predicted octanol–water partition coefficient (Wildman–Crippen LogP) is 6.48. The van der Waals surface area contributed by atoms with Gasteiger partial charge in [0.15, 0.2) is 0 Å². The van der Waals surface area contributed by atoms with Crippen LogP contribution >= 0.6 is 0 Å². The van der Waals surface area contributed by atoms with Gasteiger partial charge in [0.2, 0.25) is 5.91 Å². The Balaban J connectivity index is 1.54. The number of nitrogens with zero attached hydrogens (tertiary/aromatic N) is 3. The minimum Gasteiger partial charge on any atom is -0.328 e. The van der Waals surface area contributed by atoms with Crippen molar-refractivity contribution in [1.29, 1.82) is 0 Å². The van der Waals surface area contributed by atoms with Gasteiger partial charge in [0.25, 0.3) is 0 Å². The van der Waals surface area contributed by atoms with Gasteiger partial charge in [-0.1, -0.05) is 63.8 Å². The molecule has 0 bridgehead atoms. The SMILES string of the molecule is CCCCCCn1c(C2CC(=O)N(c3ccc(CCCC)cc3)C2)nc2ccccc21. The monoisotopic (exact) mass is 417 g/mol. The Labute approximate surface area is 186 Å². The van der Waals surface area contributed by atoms with E-state index in [4.69, 9.17) is 4.98 Å². The van der Waals surface area contributed by atoms with E-state index in [9.17, 15) is 4.79 Å². The lowest BCUT2D eigenvalue weighted by Crippen LogP contribution is -2.24. The molecule has 4 nitrogen and oxygen atoms in total. The van der Waals surface area contributed by atoms with Crippen molar-refractivity contribution < 1.29 is 4.79 Å². The van der Waals surface area contributed by atoms with E-state index in [1.54, 1.807) is 0 Å². The zero-order chi connectivity index (χ0) is 21.6. The van der Waals surface area contributed by atoms with Gasteiger partial charge < -0.3 is 9.47 Å². The van der Waals surface area contributed by atoms with E-state index in [-0.39, 0.29) is 11.8 Å². The molecule has 1 atom stereocenters. The first-order valence-corrected chi connectivity index (χ1v) is 12.1. The van der Waals surface area contributed by atoms with Gasteiger partial charge in [0.05, 0.1) is 11.0 Å². The van der Waals surface area contributed by atoms with E-state index in [1.807, 2.05) is 11.0 Å². The Bertz CT molecular complexity index is 1000. The lowest BCUT2D eigenvalue weighted by atomic mass is 10.1. The summed E-state index contributed by atoms with van der Waals surface area (Å²) in [5.74, 6) is 1.43. The number of amides is 1. The van der Waals surface area contributed by atoms with Gasteiger partial charge >= 0.3 is 0 Å². The first-order chi connectivity index (χ1) is 15.2. The van der Waals surface area contributed by atoms with Crippen molar-refractivity contribution in [3.8, 4) is 0 Å². The second-order valence-corrected chi connectivity index (χ2v) is 8.85. The van der Waals surface area contributed by atoms with Crippen LogP contribution in [0.25, 0.3) is 11.0 Å². The highest BCUT2D eigenvalue weighted by atomic mass is 16.2. The molecular formula is C27H35N3O. The molecule has 3 aromatic rings. The first-order valence-electron chi connectivity index (χ1n) is 12.1. The number of carbonyl (C=O) groups excluding carboxylic acids is 1. The lowest BCUT2D eigenvalue weighted by Gasteiger charge is -2.18. The number of carbonyl (C=O) groups is 1. The fourth-order valence-corrected chi connectivity index (χ4v) is 4.69. The van der Waals surface area contributed by atoms with Gasteiger partial charge in [-0.3, -0.25) is 4.79 Å². The van der Waals surface area contributed by atoms with Crippen molar-refractivity contribution in [2.45, 2.75) is 77.7 Å². The molecule has 1 aliphatic rings. The van der Waals surface area contributed by atoms with Crippen LogP contribution in [0.2, 0.25) is 0 Å². The van der Waals surface area contributed by atoms with Crippen molar-refractivity contribution in [2.24, 2.45) is 0 Å². The van der Waals surface area contributed by atoms with E-state index in [0.29, 0.717) is 13.0 Å². The molecule has 2 heterocycles. The summed E-state index contributed by atoms with van der Waals surface area (Å²) in [5.41, 5.74) is 4.60. The molecule has 1 saturated heterocycles. The summed E-state index contributed by atoms with van der Waals surface area (Å²) in [6, 6.07) is 17.0. The molecule has 0 saturated carbocycles. The second kappa shape index (κ2) is 10.1. The molecule has 1 unspecified atom stereocenters. The van der Waals surface area contributed by atoms with Gasteiger partial charge in [-0.25, -0.2) is 4.98 Å². The molecule has 2 aromatic carbocycles. The van der Waals surface area contributed by atoms with Crippen LogP contribution in [0.4, 0.5) is 5.69 Å². The van der Waals surface area contributed by atoms with E-state index >= 15 is 0 Å². The molecule has 0 radical (unpaired) electrons. The fraction of sp³-hybridized carbons (Fsp3) is 0.481. The topological polar surface area (TPSA) is 38.1 Å². The van der Waals surface area contributed by atoms with Crippen LogP contribution in [0.1, 0.15) is 76.1 Å². The number of anilines is 1. The van der Waals surface area contributed by atoms with Crippen molar-refractivity contribution in [3.63, 3.8) is 0 Å². The highest BCUT2D eigenvalue weighted by Crippen LogP contribution is 2.33. The predicted molar refractivity (Wildman–Crippen MR) is 129 cm³/mol. The standard InChI is InChI=1S/C27H35N3O/c1-3-5-7-10-18-29-25-13-9-8-12-24(25)28-27(29)22-19-26(31)30(20-22)23-16-14-21(15-17-23)11-6-4-2/h8-9,12-17,22H,3-7,10-11,18-20H2,1-2H3. The maximum absolute atomic E-state index is 12.9. The minimum atomic E-state index is 0.144. The van der Waals surface area contributed by atoms with Crippen molar-refractivity contribution in [3.05, 3.63) is 59.9 Å². The largest absolute Gasteiger partial charge is 0.328 e. The van der Waals surface area contributed by atoms with Crippen LogP contribution in [0.3, 0.4) is 0 Å². The van der Waals surface area contributed by atoms with E-state index in [0.717, 1.165) is 36.4 Å². The third-order valence-corrected chi connectivity index (χ3v) is 6.48. The Hall–Kier alpha value is -2.62. The average molecular weight is 418 g/mol. The zero-order valence-corrected chi connectivity index (χ0v) is 19.0. The molecular weight excluding hydrogens is 382 g/mol. The summed E-state index contributed by atoms with van der Waals surface area (Å²) in [5, 5.41) is 0. The summed E-state index contributed by atoms with van der Waals surface area (Å²) >= 11 is 0. The first kappa shape index (κ1) is 21.6. The molecule has 1 aromatic heterocycles. The number of unbranched alkanes of at least 4 members (excludes halogenated alkanes) is 4. The molecule has 1 amide bonds. The van der Waals surface area contributed by atoms with E-state index < -0.39 is 0 Å². The summed E-state index contributed by atoms with van der Waals surface area (Å²) in [6.07, 6.45) is 8.96. The highest BCUT2D eigenvalue weighted by molar-refractivity contribution is 5.96. The molecule has 164 valence electrons. The molecule has 0 N–H and O–H groups in total. The maximum atomic E-state index is 12.9. The molecule has 1 fully saturated rings. The molecule has 31 heavy (non-hydrogen) atoms. The van der Waals surface area contributed by atoms with Gasteiger partial charge in [0, 0.05) is 31.1 Å². The molecule has 1 aliphatic heterocycles. The Morgan fingerprint density at radius 3 is 2.48 bits per heavy atom. The number of para-hydroxylation sites is 2. The summed E-state index contributed by atoms with van der Waals surface area (Å²) in [7, 11) is 0. The number of hydrogen-bond donors (Lipinski definition) is 0. The van der Waals surface area contributed by atoms with Crippen LogP contribution < -0.4 is 4.90 Å². The van der Waals surface area contributed by atoms with Crippen molar-refractivity contribution in [2.75, 3.05) is 11.4 Å². The number of rotatable bonds is 10. The Morgan fingerprint density at radius 1 is 0.935 bits per heavy atom. The van der Waals surface area contributed by atoms with Gasteiger partial charge in [0.1, 0.15) is 5.82 Å². The average Bonchev–Trinajstić information content (AvgIpc) is 3.36. The third kappa shape index (κ3) is 4.84. The van der Waals surface area contributed by atoms with E-state index in [2.05, 4.69) is 60.9 Å². The van der Waals surface area contributed by atoms with Gasteiger partial charge in [-0.2, -0.15) is 0 Å². The van der Waals surface area contributed by atoms with Crippen LogP contribution in [0.5, 0.6) is 0 Å². The van der Waals surface area contributed by atoms with Crippen LogP contribution in [-0.2, 0) is 17.8 Å². The number of aryl methyl sites for hydroxylation is 2. The fourth-order valence-electron chi connectivity index (χ4n) is 4.69. The number of benzene rings is 2. The van der Waals surface area contributed by atoms with Crippen LogP contribution in [0, 0.1) is 0 Å². The van der Waals surface area contributed by atoms with Gasteiger partial charge in [-0.15, -0.1) is 0 Å². The molecule has 4 rings (SSSR count). The van der Waals surface area contributed by atoms with Crippen LogP contribution in [-0.4, -0.2) is 22.0 Å². The van der Waals surface area contributed by atoms with Crippen molar-refractivity contribution in [1.82, 2.24) is 9.55 Å². The number of imidazole rings is 1. The Kier molecular flexibility index (Phi) is 7.06. The lowest BCUT2D eigenvalue weighted by molar-refractivity contribution is -0.117. The number of hydrogen-bond acceptors (Lipinski definition) is 2. The molecule has 4 heteroatoms. The maximum Gasteiger partial charge on any atom is 0.227 e. The van der Waals surface area contributed by atoms with Crippen molar-refractivity contribution >= 4 is 22.6 Å². The zero-order valence-electron chi connectivity index (χ0n) is 19.0. The molecule has 0 spiro atoms. The Morgan fingerprint density at radius 2 is 1.71 bits per heavy atom. The second-order valence-electron chi connectivity index (χ2n) is 8.85. The molecule has 0 aliphatic carbocycles. The normalized spacial score (nSPS) is 16.5. The summed E-state index contributed by atoms with van der Waals surface area (Å²) in [6.45, 7) is 6.15. The smallest absolute Gasteiger partial charge is 0.227 e. The quantitative estimate of drug-likeness (QED) is 0.354. The third-order valence-electron chi connectivity index (χ3n) is 6.48. The highest BCUT2D eigenvalue weighted by Gasteiger charge is 2.34. The summed E-state index contributed by atoms with van der Waals surface area (Å²) < 4.78 is 2.38. The van der Waals surface area contributed by atoms with Gasteiger partial charge in [-0.05, 0) is 49.1 Å². The summed E-state index contributed by atoms with van der Waals surface area (Å²) in [4.78, 5) is 19.9. The minimum absolute atomic E-state index is 0.144. The number of fused-ring (bicyclic) bond motifs is 1. The van der Waals surface area contributed by atoms with Crippen LogP contribution in [0.15, 0.2) is 48.5 Å². The number of aromatic nitrogens is 2. The van der Waals surface area contributed by atoms with E-state index in [1.165, 1.54) is 43.2 Å².